The Morgan fingerprint density at radius 3 is 1.52 bits per heavy atom. The SMILES string of the molecule is CCN(CC)C(=O)CN1CCC(c2nc3ccccc3n2-c2ccc(Oc3ccc(F)cc3)cc2)CC1.NC(=O)CN1CCC[C@H]1c1nc2ccccc2n1-c1ccc(Oc2ccc(F)cc2)cc1. The Morgan fingerprint density at radius 2 is 1.04 bits per heavy atom. The van der Waals surface area contributed by atoms with E-state index in [2.05, 4.69) is 31.1 Å². The van der Waals surface area contributed by atoms with E-state index in [1.54, 1.807) is 24.3 Å². The van der Waals surface area contributed by atoms with Crippen molar-refractivity contribution in [1.82, 2.24) is 33.8 Å². The molecule has 1 atom stereocenters. The number of hydrogen-bond acceptors (Lipinski definition) is 8. The summed E-state index contributed by atoms with van der Waals surface area (Å²) in [5.41, 5.74) is 11.4. The van der Waals surface area contributed by atoms with Crippen LogP contribution in [0.15, 0.2) is 146 Å². The van der Waals surface area contributed by atoms with E-state index in [1.807, 2.05) is 104 Å². The number of imidazole rings is 2. The van der Waals surface area contributed by atoms with Crippen LogP contribution in [0.5, 0.6) is 23.0 Å². The number of aromatic nitrogens is 4. The summed E-state index contributed by atoms with van der Waals surface area (Å²) in [5.74, 6) is 4.06. The average molecular weight is 931 g/mol. The van der Waals surface area contributed by atoms with Gasteiger partial charge in [-0.05, 0) is 180 Å². The van der Waals surface area contributed by atoms with Crippen molar-refractivity contribution in [2.24, 2.45) is 5.73 Å². The monoisotopic (exact) mass is 930 g/mol. The van der Waals surface area contributed by atoms with Crippen molar-refractivity contribution in [2.45, 2.75) is 51.5 Å². The van der Waals surface area contributed by atoms with Gasteiger partial charge in [-0.15, -0.1) is 0 Å². The highest BCUT2D eigenvalue weighted by Crippen LogP contribution is 2.37. The van der Waals surface area contributed by atoms with Crippen molar-refractivity contribution in [3.05, 3.63) is 169 Å². The molecule has 0 saturated carbocycles. The van der Waals surface area contributed by atoms with Crippen LogP contribution in [0, 0.1) is 11.6 Å². The zero-order chi connectivity index (χ0) is 47.9. The van der Waals surface area contributed by atoms with Gasteiger partial charge in [0.05, 0.1) is 41.2 Å². The van der Waals surface area contributed by atoms with Crippen molar-refractivity contribution in [3.8, 4) is 34.4 Å². The number of rotatable bonds is 14. The van der Waals surface area contributed by atoms with E-state index in [-0.39, 0.29) is 36.0 Å². The van der Waals surface area contributed by atoms with Crippen LogP contribution in [-0.4, -0.2) is 91.4 Å². The number of benzene rings is 6. The molecule has 2 fully saturated rings. The molecule has 0 unspecified atom stereocenters. The van der Waals surface area contributed by atoms with Gasteiger partial charge < -0.3 is 20.1 Å². The minimum Gasteiger partial charge on any atom is -0.457 e. The smallest absolute Gasteiger partial charge is 0.236 e. The Balaban J connectivity index is 0.000000174. The first-order valence-corrected chi connectivity index (χ1v) is 23.7. The summed E-state index contributed by atoms with van der Waals surface area (Å²) < 4.78 is 42.5. The molecule has 2 aliphatic heterocycles. The van der Waals surface area contributed by atoms with Crippen LogP contribution in [0.4, 0.5) is 8.78 Å². The molecular weight excluding hydrogens is 875 g/mol. The fourth-order valence-corrected chi connectivity index (χ4v) is 9.46. The number of hydrogen-bond donors (Lipinski definition) is 1. The number of nitrogens with zero attached hydrogens (tertiary/aromatic N) is 7. The zero-order valence-electron chi connectivity index (χ0n) is 38.9. The summed E-state index contributed by atoms with van der Waals surface area (Å²) in [6.45, 7) is 8.85. The molecule has 354 valence electrons. The second-order valence-electron chi connectivity index (χ2n) is 17.4. The van der Waals surface area contributed by atoms with Crippen molar-refractivity contribution in [3.63, 3.8) is 0 Å². The second kappa shape index (κ2) is 21.3. The van der Waals surface area contributed by atoms with E-state index >= 15 is 0 Å². The number of primary amides is 1. The normalized spacial score (nSPS) is 15.5. The largest absolute Gasteiger partial charge is 0.457 e. The Kier molecular flexibility index (Phi) is 14.4. The first-order valence-electron chi connectivity index (χ1n) is 23.7. The van der Waals surface area contributed by atoms with Crippen molar-refractivity contribution in [1.29, 1.82) is 0 Å². The molecule has 2 aliphatic rings. The zero-order valence-corrected chi connectivity index (χ0v) is 38.9. The standard InChI is InChI=1S/C30H33FN4O2.C25H23FN4O2/c1-3-34(4-2)29(36)21-33-19-17-22(18-20-33)30-32-27-7-5-6-8-28(27)35(30)24-11-15-26(16-12-24)37-25-13-9-23(31)10-14-25;26-17-7-11-19(12-8-17)32-20-13-9-18(10-14-20)30-22-5-2-1-4-21(22)28-25(30)23-6-3-15-29(23)16-24(27)31/h5-16,22H,3-4,17-21H2,1-2H3;1-2,4-5,7-14,23H,3,6,15-16H2,(H2,27,31)/t;23-/m.0/s1. The maximum Gasteiger partial charge on any atom is 0.236 e. The molecule has 14 heteroatoms. The summed E-state index contributed by atoms with van der Waals surface area (Å²) in [6.07, 6.45) is 3.83. The first-order chi connectivity index (χ1) is 33.6. The lowest BCUT2D eigenvalue weighted by Gasteiger charge is -2.32. The lowest BCUT2D eigenvalue weighted by Crippen LogP contribution is -2.43. The van der Waals surface area contributed by atoms with E-state index in [9.17, 15) is 18.4 Å². The Labute approximate surface area is 400 Å². The molecule has 0 aliphatic carbocycles. The summed E-state index contributed by atoms with van der Waals surface area (Å²) >= 11 is 0. The molecule has 10 rings (SSSR count). The average Bonchev–Trinajstić information content (AvgIpc) is 4.10. The third-order valence-electron chi connectivity index (χ3n) is 12.9. The lowest BCUT2D eigenvalue weighted by molar-refractivity contribution is -0.132. The Morgan fingerprint density at radius 1 is 0.594 bits per heavy atom. The van der Waals surface area contributed by atoms with Crippen LogP contribution < -0.4 is 15.2 Å². The number of fused-ring (bicyclic) bond motifs is 2. The highest BCUT2D eigenvalue weighted by Gasteiger charge is 2.32. The highest BCUT2D eigenvalue weighted by molar-refractivity contribution is 5.80. The fourth-order valence-electron chi connectivity index (χ4n) is 9.46. The number of nitrogens with two attached hydrogens (primary N) is 1. The van der Waals surface area contributed by atoms with Gasteiger partial charge in [0, 0.05) is 30.4 Å². The van der Waals surface area contributed by atoms with Crippen molar-refractivity contribution in [2.75, 3.05) is 45.8 Å². The summed E-state index contributed by atoms with van der Waals surface area (Å²) in [4.78, 5) is 40.4. The van der Waals surface area contributed by atoms with Gasteiger partial charge in [0.25, 0.3) is 0 Å². The molecular formula is C55H56F2N8O4. The van der Waals surface area contributed by atoms with Crippen molar-refractivity contribution < 1.29 is 27.8 Å². The van der Waals surface area contributed by atoms with E-state index in [1.165, 1.54) is 24.3 Å². The van der Waals surface area contributed by atoms with Gasteiger partial charge in [-0.1, -0.05) is 24.3 Å². The number of piperidine rings is 1. The minimum atomic E-state index is -0.332. The Hall–Kier alpha value is -7.42. The second-order valence-corrected chi connectivity index (χ2v) is 17.4. The molecule has 0 spiro atoms. The van der Waals surface area contributed by atoms with Crippen LogP contribution in [0.3, 0.4) is 0 Å². The van der Waals surface area contributed by atoms with Gasteiger partial charge in [0.15, 0.2) is 0 Å². The number of para-hydroxylation sites is 4. The van der Waals surface area contributed by atoms with Crippen LogP contribution >= 0.6 is 0 Å². The van der Waals surface area contributed by atoms with Crippen LogP contribution in [-0.2, 0) is 9.59 Å². The van der Waals surface area contributed by atoms with E-state index in [0.29, 0.717) is 35.5 Å². The summed E-state index contributed by atoms with van der Waals surface area (Å²) in [6, 6.07) is 43.8. The molecule has 2 N–H and O–H groups in total. The first kappa shape index (κ1) is 46.7. The quantitative estimate of drug-likeness (QED) is 0.114. The molecule has 0 radical (unpaired) electrons. The molecule has 8 aromatic rings. The number of ether oxygens (including phenoxy) is 2. The predicted molar refractivity (Wildman–Crippen MR) is 264 cm³/mol. The van der Waals surface area contributed by atoms with E-state index in [0.717, 1.165) is 103 Å². The summed E-state index contributed by atoms with van der Waals surface area (Å²) in [7, 11) is 0. The lowest BCUT2D eigenvalue weighted by atomic mass is 9.95. The fraction of sp³-hybridized carbons (Fsp3) is 0.273. The molecule has 69 heavy (non-hydrogen) atoms. The van der Waals surface area contributed by atoms with Crippen molar-refractivity contribution >= 4 is 33.9 Å². The van der Waals surface area contributed by atoms with E-state index < -0.39 is 0 Å². The van der Waals surface area contributed by atoms with Gasteiger partial charge in [-0.3, -0.25) is 28.5 Å². The summed E-state index contributed by atoms with van der Waals surface area (Å²) in [5, 5.41) is 0. The topological polar surface area (TPSA) is 124 Å². The maximum atomic E-state index is 13.2. The number of carbonyl (C=O) groups is 2. The number of halogens is 2. The maximum absolute atomic E-state index is 13.2. The van der Waals surface area contributed by atoms with Crippen LogP contribution in [0.1, 0.15) is 63.1 Å². The van der Waals surface area contributed by atoms with Gasteiger partial charge in [-0.25, -0.2) is 18.7 Å². The Bertz CT molecular complexity index is 3000. The number of carbonyl (C=O) groups excluding carboxylic acids is 2. The molecule has 4 heterocycles. The molecule has 2 saturated heterocycles. The van der Waals surface area contributed by atoms with Gasteiger partial charge in [0.1, 0.15) is 46.3 Å². The minimum absolute atomic E-state index is 0.0186. The third kappa shape index (κ3) is 10.8. The third-order valence-corrected chi connectivity index (χ3v) is 12.9. The molecule has 2 aromatic heterocycles. The number of amides is 2. The van der Waals surface area contributed by atoms with Crippen LogP contribution in [0.25, 0.3) is 33.4 Å². The number of likely N-dealkylation sites (N-methyl/N-ethyl adjacent to an activating group) is 1. The van der Waals surface area contributed by atoms with Gasteiger partial charge in [-0.2, -0.15) is 0 Å². The van der Waals surface area contributed by atoms with Gasteiger partial charge >= 0.3 is 0 Å². The highest BCUT2D eigenvalue weighted by atomic mass is 19.1. The molecule has 12 nitrogen and oxygen atoms in total. The van der Waals surface area contributed by atoms with Gasteiger partial charge in [0.2, 0.25) is 11.8 Å². The molecule has 2 amide bonds. The molecule has 0 bridgehead atoms. The van der Waals surface area contributed by atoms with E-state index in [4.69, 9.17) is 25.2 Å². The number of likely N-dealkylation sites (tertiary alicyclic amines) is 2. The predicted octanol–water partition coefficient (Wildman–Crippen LogP) is 10.6. The van der Waals surface area contributed by atoms with Crippen LogP contribution in [0.2, 0.25) is 0 Å². The molecule has 6 aromatic carbocycles.